The second-order valence-corrected chi connectivity index (χ2v) is 19.7. The quantitative estimate of drug-likeness (QED) is 0.149. The van der Waals surface area contributed by atoms with Crippen LogP contribution < -0.4 is 10.6 Å². The first kappa shape index (κ1) is 44.7. The van der Waals surface area contributed by atoms with Gasteiger partial charge in [0.1, 0.15) is 34.9 Å². The van der Waals surface area contributed by atoms with Crippen LogP contribution in [-0.2, 0) is 19.1 Å². The van der Waals surface area contributed by atoms with Gasteiger partial charge in [-0.25, -0.2) is 19.6 Å². The van der Waals surface area contributed by atoms with Crippen LogP contribution in [-0.4, -0.2) is 90.1 Å². The number of hydrogen-bond acceptors (Lipinski definition) is 8. The Balaban J connectivity index is 1.03. The molecule has 0 unspecified atom stereocenters. The van der Waals surface area contributed by atoms with Crippen molar-refractivity contribution in [2.24, 2.45) is 11.8 Å². The number of amides is 4. The molecule has 1 aromatic carbocycles. The molecule has 6 rings (SSSR count). The molecule has 60 heavy (non-hydrogen) atoms. The largest absolute Gasteiger partial charge is 0.444 e. The summed E-state index contributed by atoms with van der Waals surface area (Å²) in [6.07, 6.45) is 10.2. The number of nitrogens with one attached hydrogen (secondary N) is 4. The molecule has 3 aliphatic rings. The molecule has 14 nitrogen and oxygen atoms in total. The fraction of sp³-hybridized carbons (Fsp3) is 0.652. The molecule has 328 valence electrons. The van der Waals surface area contributed by atoms with Crippen molar-refractivity contribution < 1.29 is 28.7 Å². The van der Waals surface area contributed by atoms with Gasteiger partial charge in [0, 0.05) is 30.9 Å². The van der Waals surface area contributed by atoms with Crippen molar-refractivity contribution in [2.75, 3.05) is 13.1 Å². The molecule has 1 aliphatic carbocycles. The summed E-state index contributed by atoms with van der Waals surface area (Å²) in [7, 11) is 0. The molecule has 0 bridgehead atoms. The van der Waals surface area contributed by atoms with Crippen molar-refractivity contribution in [3.63, 3.8) is 0 Å². The van der Waals surface area contributed by atoms with E-state index in [1.807, 2.05) is 70.7 Å². The molecule has 4 amide bonds. The highest BCUT2D eigenvalue weighted by molar-refractivity contribution is 5.87. The zero-order valence-electron chi connectivity index (χ0n) is 37.4. The number of aromatic nitrogens is 4. The van der Waals surface area contributed by atoms with Gasteiger partial charge in [0.25, 0.3) is 0 Å². The Kier molecular flexibility index (Phi) is 13.7. The molecule has 2 aliphatic heterocycles. The number of likely N-dealkylation sites (tertiary alicyclic amines) is 2. The van der Waals surface area contributed by atoms with Crippen molar-refractivity contribution in [1.29, 1.82) is 0 Å². The Morgan fingerprint density at radius 3 is 1.57 bits per heavy atom. The van der Waals surface area contributed by atoms with Gasteiger partial charge < -0.3 is 39.9 Å². The van der Waals surface area contributed by atoms with E-state index in [1.54, 1.807) is 20.8 Å². The van der Waals surface area contributed by atoms with Crippen LogP contribution in [0.4, 0.5) is 9.59 Å². The van der Waals surface area contributed by atoms with Crippen LogP contribution in [0.5, 0.6) is 0 Å². The van der Waals surface area contributed by atoms with Gasteiger partial charge in [-0.15, -0.1) is 0 Å². The lowest BCUT2D eigenvalue weighted by atomic mass is 9.77. The lowest BCUT2D eigenvalue weighted by Gasteiger charge is -2.31. The summed E-state index contributed by atoms with van der Waals surface area (Å²) < 4.78 is 10.9. The van der Waals surface area contributed by atoms with Crippen molar-refractivity contribution in [3.8, 4) is 11.3 Å². The molecule has 2 saturated heterocycles. The number of imidazole rings is 2. The van der Waals surface area contributed by atoms with Crippen LogP contribution in [0.25, 0.3) is 11.3 Å². The second-order valence-electron chi connectivity index (χ2n) is 19.7. The third-order valence-electron chi connectivity index (χ3n) is 12.0. The molecule has 0 radical (unpaired) electrons. The number of H-pyrrole nitrogens is 2. The standard InChI is InChI=1S/C46H68N8O6/c1-27(2)37(51-43(57)59-45(5,6)7)41(55)53-23-11-13-35(53)39-47-25-33(49-39)31-19-15-29(16-20-31)30-17-21-32(22-18-30)34-26-48-40(50-34)36-14-12-24-54(36)42(56)38(28(3)4)52-44(58)60-46(8,9)10/h15-16,19-20,25-28,30,32,35-38H,11-14,17-18,21-24H2,1-10H3,(H,47,49)(H,48,50)(H,51,57)(H,52,58)/t30-,32-,35-,36-,37-,38-/m0/s1. The lowest BCUT2D eigenvalue weighted by Crippen LogP contribution is -2.52. The van der Waals surface area contributed by atoms with Crippen LogP contribution in [0.3, 0.4) is 0 Å². The fourth-order valence-corrected chi connectivity index (χ4v) is 8.94. The Bertz CT molecular complexity index is 1950. The average molecular weight is 829 g/mol. The van der Waals surface area contributed by atoms with Crippen LogP contribution in [0, 0.1) is 11.8 Å². The fourth-order valence-electron chi connectivity index (χ4n) is 8.94. The maximum atomic E-state index is 13.8. The highest BCUT2D eigenvalue weighted by Crippen LogP contribution is 2.41. The summed E-state index contributed by atoms with van der Waals surface area (Å²) in [5, 5.41) is 5.64. The van der Waals surface area contributed by atoms with Crippen LogP contribution in [0.1, 0.15) is 167 Å². The predicted octanol–water partition coefficient (Wildman–Crippen LogP) is 8.67. The summed E-state index contributed by atoms with van der Waals surface area (Å²) in [5.41, 5.74) is 3.09. The molecular weight excluding hydrogens is 761 g/mol. The summed E-state index contributed by atoms with van der Waals surface area (Å²) in [5.74, 6) is 1.97. The van der Waals surface area contributed by atoms with E-state index in [9.17, 15) is 19.2 Å². The highest BCUT2D eigenvalue weighted by atomic mass is 16.6. The lowest BCUT2D eigenvalue weighted by molar-refractivity contribution is -0.136. The molecule has 2 aromatic heterocycles. The smallest absolute Gasteiger partial charge is 0.408 e. The third-order valence-corrected chi connectivity index (χ3v) is 12.0. The van der Waals surface area contributed by atoms with Crippen molar-refractivity contribution in [1.82, 2.24) is 40.4 Å². The second kappa shape index (κ2) is 18.4. The Morgan fingerprint density at radius 1 is 0.650 bits per heavy atom. The number of carbonyl (C=O) groups excluding carboxylic acids is 4. The number of ether oxygens (including phenoxy) is 2. The predicted molar refractivity (Wildman–Crippen MR) is 230 cm³/mol. The summed E-state index contributed by atoms with van der Waals surface area (Å²) in [4.78, 5) is 73.2. The van der Waals surface area contributed by atoms with Gasteiger partial charge in [0.2, 0.25) is 11.8 Å². The number of alkyl carbamates (subject to hydrolysis) is 2. The Hall–Kier alpha value is -4.88. The number of carbonyl (C=O) groups is 4. The van der Waals surface area contributed by atoms with Crippen LogP contribution in [0.2, 0.25) is 0 Å². The van der Waals surface area contributed by atoms with Gasteiger partial charge in [0.15, 0.2) is 0 Å². The van der Waals surface area contributed by atoms with E-state index < -0.39 is 35.5 Å². The molecule has 3 aromatic rings. The number of aromatic amines is 2. The maximum absolute atomic E-state index is 13.8. The zero-order valence-corrected chi connectivity index (χ0v) is 37.4. The zero-order chi connectivity index (χ0) is 43.5. The van der Waals surface area contributed by atoms with Gasteiger partial charge in [-0.2, -0.15) is 0 Å². The summed E-state index contributed by atoms with van der Waals surface area (Å²) in [6.45, 7) is 19.8. The van der Waals surface area contributed by atoms with Crippen LogP contribution in [0.15, 0.2) is 36.7 Å². The van der Waals surface area contributed by atoms with E-state index in [2.05, 4.69) is 44.9 Å². The van der Waals surface area contributed by atoms with Gasteiger partial charge in [-0.1, -0.05) is 52.0 Å². The first-order valence-corrected chi connectivity index (χ1v) is 22.1. The van der Waals surface area contributed by atoms with Gasteiger partial charge in [-0.3, -0.25) is 9.59 Å². The average Bonchev–Trinajstić information content (AvgIpc) is 4.01. The first-order valence-electron chi connectivity index (χ1n) is 22.1. The van der Waals surface area contributed by atoms with Gasteiger partial charge >= 0.3 is 12.2 Å². The molecule has 4 heterocycles. The van der Waals surface area contributed by atoms with E-state index in [-0.39, 0.29) is 35.7 Å². The summed E-state index contributed by atoms with van der Waals surface area (Å²) in [6, 6.07) is 7.02. The number of nitrogens with zero attached hydrogens (tertiary/aromatic N) is 4. The monoisotopic (exact) mass is 829 g/mol. The molecule has 0 spiro atoms. The topological polar surface area (TPSA) is 175 Å². The van der Waals surface area contributed by atoms with Crippen molar-refractivity contribution in [3.05, 3.63) is 59.6 Å². The van der Waals surface area contributed by atoms with Gasteiger partial charge in [-0.05, 0) is 122 Å². The first-order chi connectivity index (χ1) is 28.3. The minimum absolute atomic E-state index is 0.101. The molecule has 4 atom stereocenters. The van der Waals surface area contributed by atoms with E-state index in [4.69, 9.17) is 19.4 Å². The SMILES string of the molecule is CC(C)[C@H](NC(=O)OC(C)(C)C)C(=O)N1CCC[C@H]1c1ncc(-c2ccc([C@H]3CC[C@H](c4cnc([C@@H]5CCCN5C(=O)[C@@H](NC(=O)OC(C)(C)C)C(C)C)[nH]4)CC3)cc2)[nH]1. The van der Waals surface area contributed by atoms with E-state index in [0.29, 0.717) is 24.9 Å². The molecule has 3 fully saturated rings. The highest BCUT2D eigenvalue weighted by Gasteiger charge is 2.40. The number of hydrogen-bond donors (Lipinski definition) is 4. The maximum Gasteiger partial charge on any atom is 0.408 e. The number of benzene rings is 1. The molecule has 4 N–H and O–H groups in total. The molecular formula is C46H68N8O6. The van der Waals surface area contributed by atoms with Gasteiger partial charge in [0.05, 0.1) is 24.0 Å². The van der Waals surface area contributed by atoms with Crippen molar-refractivity contribution >= 4 is 24.0 Å². The minimum atomic E-state index is -0.699. The van der Waals surface area contributed by atoms with E-state index in [1.165, 1.54) is 5.56 Å². The van der Waals surface area contributed by atoms with Crippen LogP contribution >= 0.6 is 0 Å². The normalized spacial score (nSPS) is 22.2. The van der Waals surface area contributed by atoms with E-state index >= 15 is 0 Å². The Labute approximate surface area is 355 Å². The minimum Gasteiger partial charge on any atom is -0.444 e. The summed E-state index contributed by atoms with van der Waals surface area (Å²) >= 11 is 0. The molecule has 1 saturated carbocycles. The van der Waals surface area contributed by atoms with Crippen molar-refractivity contribution in [2.45, 2.75) is 168 Å². The Morgan fingerprint density at radius 2 is 1.10 bits per heavy atom. The number of rotatable bonds is 11. The molecule has 14 heteroatoms. The third kappa shape index (κ3) is 10.9. The van der Waals surface area contributed by atoms with E-state index in [0.717, 1.165) is 80.0 Å².